The average molecular weight is 386 g/mol. The highest BCUT2D eigenvalue weighted by Crippen LogP contribution is 2.26. The lowest BCUT2D eigenvalue weighted by Gasteiger charge is -2.11. The third-order valence-electron chi connectivity index (χ3n) is 3.32. The lowest BCUT2D eigenvalue weighted by molar-refractivity contribution is 0.191. The number of nitrogens with one attached hydrogen (secondary N) is 2. The van der Waals surface area contributed by atoms with Gasteiger partial charge in [0.25, 0.3) is 0 Å². The fourth-order valence-electron chi connectivity index (χ4n) is 2.01. The Balaban J connectivity index is 1.84. The van der Waals surface area contributed by atoms with Crippen molar-refractivity contribution in [3.05, 3.63) is 33.1 Å². The second kappa shape index (κ2) is 9.74. The molecular weight excluding hydrogens is 362 g/mol. The lowest BCUT2D eigenvalue weighted by Crippen LogP contribution is -2.38. The zero-order valence-corrected chi connectivity index (χ0v) is 16.2. The maximum Gasteiger partial charge on any atom is 0.228 e. The summed E-state index contributed by atoms with van der Waals surface area (Å²) in [6.45, 7) is 7.62. The van der Waals surface area contributed by atoms with Crippen LogP contribution in [-0.4, -0.2) is 40.8 Å². The number of halogens is 1. The van der Waals surface area contributed by atoms with E-state index in [1.807, 2.05) is 26.8 Å². The molecular formula is C16H24ClN5O2S. The van der Waals surface area contributed by atoms with Gasteiger partial charge in [-0.25, -0.2) is 0 Å². The van der Waals surface area contributed by atoms with Crippen LogP contribution in [0.25, 0.3) is 0 Å². The van der Waals surface area contributed by atoms with Crippen LogP contribution in [-0.2, 0) is 6.42 Å². The molecule has 2 aromatic heterocycles. The molecule has 0 saturated carbocycles. The molecule has 2 rings (SSSR count). The van der Waals surface area contributed by atoms with Crippen molar-refractivity contribution in [2.75, 3.05) is 19.6 Å². The molecule has 0 fully saturated rings. The number of aliphatic hydroxyl groups excluding tert-OH is 1. The second-order valence-corrected chi connectivity index (χ2v) is 7.50. The quantitative estimate of drug-likeness (QED) is 0.477. The van der Waals surface area contributed by atoms with E-state index < -0.39 is 6.10 Å². The predicted molar refractivity (Wildman–Crippen MR) is 100 cm³/mol. The van der Waals surface area contributed by atoms with Crippen molar-refractivity contribution in [2.24, 2.45) is 4.99 Å². The van der Waals surface area contributed by atoms with E-state index in [4.69, 9.17) is 16.1 Å². The first kappa shape index (κ1) is 19.7. The van der Waals surface area contributed by atoms with Gasteiger partial charge in [-0.05, 0) is 19.1 Å². The molecule has 0 amide bonds. The van der Waals surface area contributed by atoms with Gasteiger partial charge in [0.05, 0.1) is 10.9 Å². The van der Waals surface area contributed by atoms with E-state index in [0.29, 0.717) is 35.0 Å². The van der Waals surface area contributed by atoms with Crippen LogP contribution < -0.4 is 10.6 Å². The van der Waals surface area contributed by atoms with Crippen LogP contribution in [0, 0.1) is 0 Å². The van der Waals surface area contributed by atoms with Crippen molar-refractivity contribution in [3.63, 3.8) is 0 Å². The third-order valence-corrected chi connectivity index (χ3v) is 4.65. The number of aliphatic hydroxyl groups is 1. The van der Waals surface area contributed by atoms with E-state index in [1.165, 1.54) is 11.3 Å². The Morgan fingerprint density at radius 3 is 2.80 bits per heavy atom. The molecule has 0 saturated heterocycles. The largest absolute Gasteiger partial charge is 0.386 e. The van der Waals surface area contributed by atoms with Gasteiger partial charge in [-0.1, -0.05) is 30.6 Å². The Kier molecular flexibility index (Phi) is 7.67. The van der Waals surface area contributed by atoms with Crippen molar-refractivity contribution in [1.82, 2.24) is 20.8 Å². The summed E-state index contributed by atoms with van der Waals surface area (Å²) in [7, 11) is 0. The molecule has 138 valence electrons. The zero-order chi connectivity index (χ0) is 18.2. The first-order valence-corrected chi connectivity index (χ1v) is 9.47. The number of thiophene rings is 1. The number of hydrogen-bond donors (Lipinski definition) is 3. The van der Waals surface area contributed by atoms with Crippen LogP contribution in [0.2, 0.25) is 4.34 Å². The number of aliphatic imine (C=N–C) groups is 1. The summed E-state index contributed by atoms with van der Waals surface area (Å²) in [4.78, 5) is 9.55. The zero-order valence-electron chi connectivity index (χ0n) is 14.6. The van der Waals surface area contributed by atoms with Gasteiger partial charge in [0.1, 0.15) is 6.10 Å². The molecule has 0 radical (unpaired) electrons. The Hall–Kier alpha value is -1.64. The maximum absolute atomic E-state index is 10.2. The Morgan fingerprint density at radius 2 is 2.20 bits per heavy atom. The molecule has 1 unspecified atom stereocenters. The summed E-state index contributed by atoms with van der Waals surface area (Å²) in [5.74, 6) is 2.19. The molecule has 0 aliphatic carbocycles. The van der Waals surface area contributed by atoms with Crippen LogP contribution in [0.5, 0.6) is 0 Å². The molecule has 1 atom stereocenters. The molecule has 3 N–H and O–H groups in total. The van der Waals surface area contributed by atoms with E-state index in [2.05, 4.69) is 25.8 Å². The molecule has 7 nitrogen and oxygen atoms in total. The van der Waals surface area contributed by atoms with Gasteiger partial charge < -0.3 is 20.3 Å². The molecule has 0 aliphatic heterocycles. The summed E-state index contributed by atoms with van der Waals surface area (Å²) in [5.41, 5.74) is 0. The standard InChI is InChI=1S/C16H24ClN5O2S/c1-4-18-16(20-9-11(23)12-5-6-13(17)25-12)19-8-7-14-21-15(10(2)3)22-24-14/h5-6,10-11,23H,4,7-9H2,1-3H3,(H2,18,19,20). The third kappa shape index (κ3) is 6.30. The van der Waals surface area contributed by atoms with Gasteiger partial charge >= 0.3 is 0 Å². The minimum absolute atomic E-state index is 0.247. The average Bonchev–Trinajstić information content (AvgIpc) is 3.21. The molecule has 2 heterocycles. The number of hydrogen-bond acceptors (Lipinski definition) is 6. The molecule has 0 aromatic carbocycles. The van der Waals surface area contributed by atoms with Crippen LogP contribution in [0.4, 0.5) is 0 Å². The first-order chi connectivity index (χ1) is 12.0. The molecule has 0 spiro atoms. The van der Waals surface area contributed by atoms with E-state index in [9.17, 15) is 5.11 Å². The Bertz CT molecular complexity index is 686. The highest BCUT2D eigenvalue weighted by Gasteiger charge is 2.11. The van der Waals surface area contributed by atoms with E-state index >= 15 is 0 Å². The maximum atomic E-state index is 10.2. The van der Waals surface area contributed by atoms with E-state index in [-0.39, 0.29) is 12.5 Å². The van der Waals surface area contributed by atoms with E-state index in [1.54, 1.807) is 6.07 Å². The van der Waals surface area contributed by atoms with Crippen molar-refractivity contribution in [2.45, 2.75) is 39.2 Å². The minimum Gasteiger partial charge on any atom is -0.386 e. The van der Waals surface area contributed by atoms with Crippen LogP contribution in [0.3, 0.4) is 0 Å². The molecule has 0 bridgehead atoms. The second-order valence-electron chi connectivity index (χ2n) is 5.76. The lowest BCUT2D eigenvalue weighted by atomic mass is 10.2. The fourth-order valence-corrected chi connectivity index (χ4v) is 3.05. The normalized spacial score (nSPS) is 13.3. The van der Waals surface area contributed by atoms with Crippen molar-refractivity contribution >= 4 is 28.9 Å². The van der Waals surface area contributed by atoms with Gasteiger partial charge in [0, 0.05) is 30.3 Å². The monoisotopic (exact) mass is 385 g/mol. The van der Waals surface area contributed by atoms with Crippen LogP contribution in [0.15, 0.2) is 21.6 Å². The van der Waals surface area contributed by atoms with E-state index in [0.717, 1.165) is 11.4 Å². The van der Waals surface area contributed by atoms with Crippen molar-refractivity contribution in [1.29, 1.82) is 0 Å². The molecule has 2 aromatic rings. The van der Waals surface area contributed by atoms with Crippen LogP contribution in [0.1, 0.15) is 49.4 Å². The minimum atomic E-state index is -0.669. The summed E-state index contributed by atoms with van der Waals surface area (Å²) < 4.78 is 5.87. The van der Waals surface area contributed by atoms with Gasteiger partial charge in [-0.15, -0.1) is 11.3 Å². The summed E-state index contributed by atoms with van der Waals surface area (Å²) >= 11 is 7.25. The van der Waals surface area contributed by atoms with Crippen molar-refractivity contribution in [3.8, 4) is 0 Å². The van der Waals surface area contributed by atoms with Gasteiger partial charge in [0.15, 0.2) is 11.8 Å². The van der Waals surface area contributed by atoms with Crippen molar-refractivity contribution < 1.29 is 9.63 Å². The van der Waals surface area contributed by atoms with Gasteiger partial charge in [0.2, 0.25) is 5.89 Å². The fraction of sp³-hybridized carbons (Fsp3) is 0.562. The number of guanidine groups is 1. The van der Waals surface area contributed by atoms with Gasteiger partial charge in [-0.3, -0.25) is 4.99 Å². The van der Waals surface area contributed by atoms with Gasteiger partial charge in [-0.2, -0.15) is 4.98 Å². The number of aromatic nitrogens is 2. The first-order valence-electron chi connectivity index (χ1n) is 8.27. The molecule has 25 heavy (non-hydrogen) atoms. The molecule has 9 heteroatoms. The van der Waals surface area contributed by atoms with Crippen LogP contribution >= 0.6 is 22.9 Å². The Labute approximate surface area is 156 Å². The number of rotatable bonds is 8. The highest BCUT2D eigenvalue weighted by atomic mass is 35.5. The SMILES string of the molecule is CCNC(=NCC(O)c1ccc(Cl)s1)NCCc1nc(C(C)C)no1. The summed E-state index contributed by atoms with van der Waals surface area (Å²) in [5, 5.41) is 20.4. The highest BCUT2D eigenvalue weighted by molar-refractivity contribution is 7.16. The molecule has 0 aliphatic rings. The summed E-state index contributed by atoms with van der Waals surface area (Å²) in [6, 6.07) is 3.59. The topological polar surface area (TPSA) is 95.6 Å². The number of nitrogens with zero attached hydrogens (tertiary/aromatic N) is 3. The predicted octanol–water partition coefficient (Wildman–Crippen LogP) is 2.74. The Morgan fingerprint density at radius 1 is 1.40 bits per heavy atom. The summed E-state index contributed by atoms with van der Waals surface area (Å²) in [6.07, 6.45) is -0.0646. The smallest absolute Gasteiger partial charge is 0.228 e.